The average Bonchev–Trinajstić information content (AvgIpc) is 2.46. The zero-order chi connectivity index (χ0) is 14.5. The normalized spacial score (nSPS) is 9.80. The fraction of sp³-hybridized carbons (Fsp3) is 0.0769. The highest BCUT2D eigenvalue weighted by Gasteiger charge is 2.10. The molecular formula is C13H8ClN3O3. The standard InChI is InChI=1S/C13H8ClN3O3/c14-12-6-11(17(18)19)4-5-13(12)20-8-10-3-1-2-9(7-15)16-10/h1-6H,8H2. The Kier molecular flexibility index (Phi) is 4.13. The van der Waals surface area contributed by atoms with E-state index in [-0.39, 0.29) is 17.3 Å². The van der Waals surface area contributed by atoms with Gasteiger partial charge in [-0.2, -0.15) is 5.26 Å². The highest BCUT2D eigenvalue weighted by atomic mass is 35.5. The minimum absolute atomic E-state index is 0.105. The van der Waals surface area contributed by atoms with Gasteiger partial charge in [-0.15, -0.1) is 0 Å². The number of nitriles is 1. The molecule has 0 spiro atoms. The Hall–Kier alpha value is -2.65. The molecule has 1 aromatic carbocycles. The van der Waals surface area contributed by atoms with Crippen molar-refractivity contribution in [1.82, 2.24) is 4.98 Å². The molecule has 2 rings (SSSR count). The van der Waals surface area contributed by atoms with Gasteiger partial charge in [0.15, 0.2) is 0 Å². The SMILES string of the molecule is N#Cc1cccc(COc2ccc([N+](=O)[O-])cc2Cl)n1. The highest BCUT2D eigenvalue weighted by molar-refractivity contribution is 6.32. The van der Waals surface area contributed by atoms with E-state index in [1.807, 2.05) is 6.07 Å². The van der Waals surface area contributed by atoms with Crippen molar-refractivity contribution in [3.63, 3.8) is 0 Å². The van der Waals surface area contributed by atoms with E-state index in [0.29, 0.717) is 17.1 Å². The Balaban J connectivity index is 2.11. The third kappa shape index (κ3) is 3.22. The zero-order valence-electron chi connectivity index (χ0n) is 10.1. The Morgan fingerprint density at radius 1 is 1.40 bits per heavy atom. The number of pyridine rings is 1. The van der Waals surface area contributed by atoms with E-state index in [0.717, 1.165) is 0 Å². The van der Waals surface area contributed by atoms with Crippen LogP contribution < -0.4 is 4.74 Å². The molecule has 0 atom stereocenters. The molecule has 0 N–H and O–H groups in total. The van der Waals surface area contributed by atoms with Crippen LogP contribution in [-0.4, -0.2) is 9.91 Å². The summed E-state index contributed by atoms with van der Waals surface area (Å²) in [6.45, 7) is 0.118. The number of hydrogen-bond acceptors (Lipinski definition) is 5. The first-order valence-electron chi connectivity index (χ1n) is 5.53. The maximum atomic E-state index is 10.6. The number of aromatic nitrogens is 1. The fourth-order valence-electron chi connectivity index (χ4n) is 1.49. The van der Waals surface area contributed by atoms with Gasteiger partial charge in [-0.05, 0) is 18.2 Å². The lowest BCUT2D eigenvalue weighted by atomic mass is 10.3. The summed E-state index contributed by atoms with van der Waals surface area (Å²) in [4.78, 5) is 14.1. The predicted molar refractivity (Wildman–Crippen MR) is 71.4 cm³/mol. The van der Waals surface area contributed by atoms with Crippen LogP contribution in [0.1, 0.15) is 11.4 Å². The van der Waals surface area contributed by atoms with E-state index in [2.05, 4.69) is 4.98 Å². The van der Waals surface area contributed by atoms with Gasteiger partial charge in [0.2, 0.25) is 0 Å². The van der Waals surface area contributed by atoms with E-state index < -0.39 is 4.92 Å². The summed E-state index contributed by atoms with van der Waals surface area (Å²) in [7, 11) is 0. The lowest BCUT2D eigenvalue weighted by Gasteiger charge is -2.07. The smallest absolute Gasteiger partial charge is 0.271 e. The molecule has 100 valence electrons. The number of halogens is 1. The zero-order valence-corrected chi connectivity index (χ0v) is 10.9. The molecule has 0 saturated heterocycles. The molecule has 0 aliphatic rings. The number of hydrogen-bond donors (Lipinski definition) is 0. The summed E-state index contributed by atoms with van der Waals surface area (Å²) in [5.41, 5.74) is 0.756. The second kappa shape index (κ2) is 5.99. The molecule has 2 aromatic rings. The van der Waals surface area contributed by atoms with E-state index >= 15 is 0 Å². The maximum Gasteiger partial charge on any atom is 0.271 e. The molecule has 1 heterocycles. The van der Waals surface area contributed by atoms with Gasteiger partial charge in [0, 0.05) is 12.1 Å². The third-order valence-corrected chi connectivity index (χ3v) is 2.72. The second-order valence-electron chi connectivity index (χ2n) is 3.79. The minimum atomic E-state index is -0.534. The van der Waals surface area contributed by atoms with Crippen LogP contribution in [0.5, 0.6) is 5.75 Å². The molecule has 6 nitrogen and oxygen atoms in total. The summed E-state index contributed by atoms with van der Waals surface area (Å²) < 4.78 is 5.43. The Labute approximate surface area is 119 Å². The van der Waals surface area contributed by atoms with Crippen molar-refractivity contribution in [1.29, 1.82) is 5.26 Å². The van der Waals surface area contributed by atoms with Crippen LogP contribution in [0.3, 0.4) is 0 Å². The summed E-state index contributed by atoms with van der Waals surface area (Å²) in [5, 5.41) is 19.5. The molecule has 0 saturated carbocycles. The lowest BCUT2D eigenvalue weighted by molar-refractivity contribution is -0.384. The van der Waals surface area contributed by atoms with Crippen molar-refractivity contribution < 1.29 is 9.66 Å². The van der Waals surface area contributed by atoms with Crippen LogP contribution in [0.25, 0.3) is 0 Å². The first-order valence-corrected chi connectivity index (χ1v) is 5.90. The number of ether oxygens (including phenoxy) is 1. The second-order valence-corrected chi connectivity index (χ2v) is 4.19. The Morgan fingerprint density at radius 3 is 2.85 bits per heavy atom. The van der Waals surface area contributed by atoms with Crippen molar-refractivity contribution >= 4 is 17.3 Å². The van der Waals surface area contributed by atoms with Gasteiger partial charge in [-0.25, -0.2) is 4.98 Å². The molecule has 0 unspecified atom stereocenters. The summed E-state index contributed by atoms with van der Waals surface area (Å²) in [5.74, 6) is 0.321. The quantitative estimate of drug-likeness (QED) is 0.637. The van der Waals surface area contributed by atoms with Crippen molar-refractivity contribution in [3.8, 4) is 11.8 Å². The monoisotopic (exact) mass is 289 g/mol. The van der Waals surface area contributed by atoms with Gasteiger partial charge in [0.1, 0.15) is 24.1 Å². The van der Waals surface area contributed by atoms with Crippen LogP contribution in [0.2, 0.25) is 5.02 Å². The summed E-state index contributed by atoms with van der Waals surface area (Å²) in [6, 6.07) is 10.9. The topological polar surface area (TPSA) is 89.0 Å². The Bertz CT molecular complexity index is 698. The van der Waals surface area contributed by atoms with Crippen LogP contribution in [0.4, 0.5) is 5.69 Å². The van der Waals surface area contributed by atoms with Gasteiger partial charge in [-0.3, -0.25) is 10.1 Å². The van der Waals surface area contributed by atoms with Gasteiger partial charge in [-0.1, -0.05) is 17.7 Å². The average molecular weight is 290 g/mol. The van der Waals surface area contributed by atoms with Crippen LogP contribution in [-0.2, 0) is 6.61 Å². The minimum Gasteiger partial charge on any atom is -0.486 e. The Morgan fingerprint density at radius 2 is 2.20 bits per heavy atom. The number of non-ortho nitro benzene ring substituents is 1. The maximum absolute atomic E-state index is 10.6. The first-order chi connectivity index (χ1) is 9.60. The highest BCUT2D eigenvalue weighted by Crippen LogP contribution is 2.29. The van der Waals surface area contributed by atoms with Crippen molar-refractivity contribution in [2.75, 3.05) is 0 Å². The number of nitro groups is 1. The number of nitrogens with zero attached hydrogens (tertiary/aromatic N) is 3. The molecule has 0 aliphatic carbocycles. The van der Waals surface area contributed by atoms with Gasteiger partial charge in [0.05, 0.1) is 15.6 Å². The van der Waals surface area contributed by atoms with Gasteiger partial charge in [0.25, 0.3) is 5.69 Å². The van der Waals surface area contributed by atoms with Gasteiger partial charge >= 0.3 is 0 Å². The first kappa shape index (κ1) is 13.8. The van der Waals surface area contributed by atoms with E-state index in [9.17, 15) is 10.1 Å². The molecule has 1 aromatic heterocycles. The van der Waals surface area contributed by atoms with Crippen LogP contribution in [0.15, 0.2) is 36.4 Å². The van der Waals surface area contributed by atoms with Crippen LogP contribution in [0, 0.1) is 21.4 Å². The molecule has 0 fully saturated rings. The van der Waals surface area contributed by atoms with Crippen molar-refractivity contribution in [2.45, 2.75) is 6.61 Å². The summed E-state index contributed by atoms with van der Waals surface area (Å²) >= 11 is 5.90. The van der Waals surface area contributed by atoms with E-state index in [4.69, 9.17) is 21.6 Å². The largest absolute Gasteiger partial charge is 0.486 e. The van der Waals surface area contributed by atoms with Gasteiger partial charge < -0.3 is 4.74 Å². The van der Waals surface area contributed by atoms with Crippen LogP contribution >= 0.6 is 11.6 Å². The molecular weight excluding hydrogens is 282 g/mol. The molecule has 0 amide bonds. The molecule has 0 aliphatic heterocycles. The fourth-order valence-corrected chi connectivity index (χ4v) is 1.72. The predicted octanol–water partition coefficient (Wildman–Crippen LogP) is 3.09. The third-order valence-electron chi connectivity index (χ3n) is 2.42. The number of rotatable bonds is 4. The van der Waals surface area contributed by atoms with Crippen molar-refractivity contribution in [3.05, 3.63) is 62.9 Å². The number of nitro benzene ring substituents is 1. The molecule has 0 bridgehead atoms. The van der Waals surface area contributed by atoms with E-state index in [1.54, 1.807) is 18.2 Å². The van der Waals surface area contributed by atoms with Crippen molar-refractivity contribution in [2.24, 2.45) is 0 Å². The number of benzene rings is 1. The van der Waals surface area contributed by atoms with E-state index in [1.165, 1.54) is 18.2 Å². The summed E-state index contributed by atoms with van der Waals surface area (Å²) in [6.07, 6.45) is 0. The lowest BCUT2D eigenvalue weighted by Crippen LogP contribution is -2.00. The molecule has 0 radical (unpaired) electrons. The molecule has 7 heteroatoms. The molecule has 20 heavy (non-hydrogen) atoms.